The second-order valence-corrected chi connectivity index (χ2v) is 6.21. The van der Waals surface area contributed by atoms with Crippen molar-refractivity contribution in [2.45, 2.75) is 11.8 Å². The smallest absolute Gasteiger partial charge is 0.175 e. The fraction of sp³-hybridized carbons (Fsp3) is 0.154. The summed E-state index contributed by atoms with van der Waals surface area (Å²) in [4.78, 5) is 4.49. The first-order valence-electron chi connectivity index (χ1n) is 5.40. The van der Waals surface area contributed by atoms with Crippen molar-refractivity contribution >= 4 is 15.5 Å². The van der Waals surface area contributed by atoms with Crippen LogP contribution < -0.4 is 5.73 Å². The summed E-state index contributed by atoms with van der Waals surface area (Å²) in [6, 6.07) is 8.54. The van der Waals surface area contributed by atoms with Gasteiger partial charge in [0.1, 0.15) is 0 Å². The van der Waals surface area contributed by atoms with Crippen LogP contribution in [0.25, 0.3) is 11.1 Å². The number of nitrogens with two attached hydrogens (primary N) is 1. The normalized spacial score (nSPS) is 11.4. The summed E-state index contributed by atoms with van der Waals surface area (Å²) >= 11 is 0. The van der Waals surface area contributed by atoms with Gasteiger partial charge < -0.3 is 5.73 Å². The van der Waals surface area contributed by atoms with E-state index in [0.717, 1.165) is 16.8 Å². The lowest BCUT2D eigenvalue weighted by Crippen LogP contribution is -1.97. The van der Waals surface area contributed by atoms with Crippen LogP contribution in [0.3, 0.4) is 0 Å². The summed E-state index contributed by atoms with van der Waals surface area (Å²) in [6.07, 6.45) is 2.79. The Balaban J connectivity index is 2.50. The van der Waals surface area contributed by atoms with E-state index in [9.17, 15) is 8.42 Å². The second kappa shape index (κ2) is 4.42. The van der Waals surface area contributed by atoms with E-state index in [-0.39, 0.29) is 0 Å². The van der Waals surface area contributed by atoms with Crippen LogP contribution in [0, 0.1) is 6.92 Å². The Labute approximate surface area is 106 Å². The van der Waals surface area contributed by atoms with Crippen molar-refractivity contribution in [2.75, 3.05) is 12.0 Å². The fourth-order valence-electron chi connectivity index (χ4n) is 1.72. The largest absolute Gasteiger partial charge is 0.397 e. The van der Waals surface area contributed by atoms with Gasteiger partial charge in [0, 0.05) is 17.5 Å². The maximum absolute atomic E-state index is 11.4. The van der Waals surface area contributed by atoms with E-state index >= 15 is 0 Å². The summed E-state index contributed by atoms with van der Waals surface area (Å²) in [7, 11) is -3.16. The van der Waals surface area contributed by atoms with Crippen molar-refractivity contribution in [2.24, 2.45) is 0 Å². The van der Waals surface area contributed by atoms with Gasteiger partial charge in [0.2, 0.25) is 0 Å². The molecule has 18 heavy (non-hydrogen) atoms. The zero-order valence-electron chi connectivity index (χ0n) is 10.2. The zero-order chi connectivity index (χ0) is 13.3. The number of aromatic nitrogens is 1. The number of hydrogen-bond donors (Lipinski definition) is 1. The Hall–Kier alpha value is -1.88. The van der Waals surface area contributed by atoms with Crippen molar-refractivity contribution in [1.82, 2.24) is 4.98 Å². The molecule has 0 aliphatic rings. The first-order valence-corrected chi connectivity index (χ1v) is 7.29. The number of anilines is 1. The van der Waals surface area contributed by atoms with Crippen molar-refractivity contribution in [1.29, 1.82) is 0 Å². The molecule has 0 spiro atoms. The first-order chi connectivity index (χ1) is 8.38. The van der Waals surface area contributed by atoms with Gasteiger partial charge in [0.25, 0.3) is 0 Å². The summed E-state index contributed by atoms with van der Waals surface area (Å²) < 4.78 is 22.7. The highest BCUT2D eigenvalue weighted by Gasteiger charge is 2.08. The highest BCUT2D eigenvalue weighted by molar-refractivity contribution is 7.90. The molecule has 0 saturated carbocycles. The molecule has 1 aromatic carbocycles. The number of hydrogen-bond acceptors (Lipinski definition) is 4. The van der Waals surface area contributed by atoms with Crippen LogP contribution in [-0.2, 0) is 9.84 Å². The van der Waals surface area contributed by atoms with Gasteiger partial charge in [0.15, 0.2) is 9.84 Å². The van der Waals surface area contributed by atoms with Crippen LogP contribution in [0.5, 0.6) is 0 Å². The Morgan fingerprint density at radius 1 is 1.17 bits per heavy atom. The van der Waals surface area contributed by atoms with Gasteiger partial charge >= 0.3 is 0 Å². The molecular formula is C13H14N2O2S. The molecule has 2 rings (SSSR count). The SMILES string of the molecule is Cc1ncc(N)cc1-c1ccc(S(C)(=O)=O)cc1. The van der Waals surface area contributed by atoms with Crippen LogP contribution in [0.2, 0.25) is 0 Å². The van der Waals surface area contributed by atoms with Gasteiger partial charge in [-0.3, -0.25) is 4.98 Å². The molecule has 0 fully saturated rings. The Kier molecular flexibility index (Phi) is 3.09. The molecule has 1 heterocycles. The van der Waals surface area contributed by atoms with Crippen LogP contribution in [-0.4, -0.2) is 19.7 Å². The molecule has 4 nitrogen and oxygen atoms in total. The Morgan fingerprint density at radius 2 is 1.78 bits per heavy atom. The monoisotopic (exact) mass is 262 g/mol. The maximum atomic E-state index is 11.4. The van der Waals surface area contributed by atoms with Gasteiger partial charge in [-0.15, -0.1) is 0 Å². The quantitative estimate of drug-likeness (QED) is 0.899. The third-order valence-corrected chi connectivity index (χ3v) is 3.83. The van der Waals surface area contributed by atoms with E-state index in [2.05, 4.69) is 4.98 Å². The number of benzene rings is 1. The lowest BCUT2D eigenvalue weighted by Gasteiger charge is -2.07. The number of aryl methyl sites for hydroxylation is 1. The molecule has 0 radical (unpaired) electrons. The number of nitrogens with zero attached hydrogens (tertiary/aromatic N) is 1. The van der Waals surface area contributed by atoms with E-state index in [1.165, 1.54) is 6.26 Å². The minimum absolute atomic E-state index is 0.306. The van der Waals surface area contributed by atoms with Gasteiger partial charge in [-0.2, -0.15) is 0 Å². The average Bonchev–Trinajstić information content (AvgIpc) is 2.31. The van der Waals surface area contributed by atoms with Crippen LogP contribution >= 0.6 is 0 Å². The lowest BCUT2D eigenvalue weighted by atomic mass is 10.0. The molecule has 94 valence electrons. The molecule has 0 aliphatic heterocycles. The maximum Gasteiger partial charge on any atom is 0.175 e. The van der Waals surface area contributed by atoms with Crippen LogP contribution in [0.4, 0.5) is 5.69 Å². The van der Waals surface area contributed by atoms with E-state index < -0.39 is 9.84 Å². The molecular weight excluding hydrogens is 248 g/mol. The molecule has 0 amide bonds. The third-order valence-electron chi connectivity index (χ3n) is 2.70. The number of sulfone groups is 1. The molecule has 0 atom stereocenters. The minimum Gasteiger partial charge on any atom is -0.397 e. The molecule has 2 aromatic rings. The van der Waals surface area contributed by atoms with Crippen molar-refractivity contribution in [3.63, 3.8) is 0 Å². The first kappa shape index (κ1) is 12.6. The molecule has 5 heteroatoms. The minimum atomic E-state index is -3.16. The van der Waals surface area contributed by atoms with E-state index in [4.69, 9.17) is 5.73 Å². The summed E-state index contributed by atoms with van der Waals surface area (Å²) in [6.45, 7) is 1.89. The highest BCUT2D eigenvalue weighted by Crippen LogP contribution is 2.25. The topological polar surface area (TPSA) is 73.0 Å². The van der Waals surface area contributed by atoms with Gasteiger partial charge in [-0.1, -0.05) is 12.1 Å². The molecule has 2 N–H and O–H groups in total. The van der Waals surface area contributed by atoms with Crippen molar-refractivity contribution in [3.8, 4) is 11.1 Å². The van der Waals surface area contributed by atoms with E-state index in [1.54, 1.807) is 30.5 Å². The van der Waals surface area contributed by atoms with E-state index in [1.807, 2.05) is 13.0 Å². The van der Waals surface area contributed by atoms with Crippen molar-refractivity contribution in [3.05, 3.63) is 42.2 Å². The highest BCUT2D eigenvalue weighted by atomic mass is 32.2. The zero-order valence-corrected chi connectivity index (χ0v) is 11.0. The predicted octanol–water partition coefficient (Wildman–Crippen LogP) is 2.04. The molecule has 0 bridgehead atoms. The predicted molar refractivity (Wildman–Crippen MR) is 71.9 cm³/mol. The fourth-order valence-corrected chi connectivity index (χ4v) is 2.35. The Morgan fingerprint density at radius 3 is 2.33 bits per heavy atom. The molecule has 0 saturated heterocycles. The summed E-state index contributed by atoms with van der Waals surface area (Å²) in [5, 5.41) is 0. The lowest BCUT2D eigenvalue weighted by molar-refractivity contribution is 0.602. The number of nitrogen functional groups attached to an aromatic ring is 1. The Bertz CT molecular complexity index is 677. The van der Waals surface area contributed by atoms with Crippen LogP contribution in [0.1, 0.15) is 5.69 Å². The standard InChI is InChI=1S/C13H14N2O2S/c1-9-13(7-11(14)8-15-9)10-3-5-12(6-4-10)18(2,16)17/h3-8H,14H2,1-2H3. The average molecular weight is 262 g/mol. The number of pyridine rings is 1. The van der Waals surface area contributed by atoms with Crippen molar-refractivity contribution < 1.29 is 8.42 Å². The van der Waals surface area contributed by atoms with Gasteiger partial charge in [-0.25, -0.2) is 8.42 Å². The second-order valence-electron chi connectivity index (χ2n) is 4.20. The molecule has 0 aliphatic carbocycles. The van der Waals surface area contributed by atoms with Gasteiger partial charge in [-0.05, 0) is 30.7 Å². The summed E-state index contributed by atoms with van der Waals surface area (Å²) in [5.74, 6) is 0. The third kappa shape index (κ3) is 2.51. The van der Waals surface area contributed by atoms with Gasteiger partial charge in [0.05, 0.1) is 16.8 Å². The summed E-state index contributed by atoms with van der Waals surface area (Å²) in [5.41, 5.74) is 8.96. The molecule has 1 aromatic heterocycles. The number of rotatable bonds is 2. The molecule has 0 unspecified atom stereocenters. The van der Waals surface area contributed by atoms with Crippen LogP contribution in [0.15, 0.2) is 41.4 Å². The van der Waals surface area contributed by atoms with E-state index in [0.29, 0.717) is 10.6 Å².